The second-order valence-corrected chi connectivity index (χ2v) is 7.08. The molecular weight excluding hydrogens is 298 g/mol. The van der Waals surface area contributed by atoms with Gasteiger partial charge in [-0.05, 0) is 47.9 Å². The molecule has 2 aromatic rings. The van der Waals surface area contributed by atoms with E-state index in [-0.39, 0.29) is 0 Å². The molecule has 0 aliphatic rings. The minimum Gasteiger partial charge on any atom is -0.312 e. The molecule has 0 radical (unpaired) electrons. The smallest absolute Gasteiger partial charge is 0.0409 e. The molecule has 1 N–H and O–H groups in total. The van der Waals surface area contributed by atoms with Gasteiger partial charge in [0, 0.05) is 22.2 Å². The van der Waals surface area contributed by atoms with E-state index in [9.17, 15) is 0 Å². The summed E-state index contributed by atoms with van der Waals surface area (Å²) in [5, 5.41) is 4.29. The van der Waals surface area contributed by atoms with Crippen LogP contribution in [-0.2, 0) is 12.3 Å². The van der Waals surface area contributed by atoms with Gasteiger partial charge in [0.05, 0.1) is 0 Å². The van der Waals surface area contributed by atoms with Crippen molar-refractivity contribution in [3.05, 3.63) is 64.7 Å². The number of hydrogen-bond acceptors (Lipinski definition) is 2. The van der Waals surface area contributed by atoms with Crippen molar-refractivity contribution in [3.63, 3.8) is 0 Å². The molecular formula is C18H22ClNS. The highest BCUT2D eigenvalue weighted by Gasteiger charge is 2.00. The molecule has 3 heteroatoms. The number of rotatable bonds is 7. The van der Waals surface area contributed by atoms with Crippen molar-refractivity contribution in [2.75, 3.05) is 6.54 Å². The molecule has 0 amide bonds. The van der Waals surface area contributed by atoms with Crippen molar-refractivity contribution in [1.82, 2.24) is 5.32 Å². The number of benzene rings is 2. The lowest BCUT2D eigenvalue weighted by Crippen LogP contribution is -2.18. The van der Waals surface area contributed by atoms with Crippen LogP contribution in [0.4, 0.5) is 0 Å². The van der Waals surface area contributed by atoms with Gasteiger partial charge in [0.1, 0.15) is 0 Å². The third-order valence-corrected chi connectivity index (χ3v) is 4.37. The molecule has 0 spiro atoms. The SMILES string of the molecule is CC(C)CNCc1cccc(SCc2cccc(Cl)c2)c1. The Kier molecular flexibility index (Phi) is 6.62. The molecule has 2 rings (SSSR count). The van der Waals surface area contributed by atoms with Crippen molar-refractivity contribution in [1.29, 1.82) is 0 Å². The summed E-state index contributed by atoms with van der Waals surface area (Å²) in [5.74, 6) is 1.63. The van der Waals surface area contributed by atoms with Gasteiger partial charge in [0.2, 0.25) is 0 Å². The highest BCUT2D eigenvalue weighted by molar-refractivity contribution is 7.98. The van der Waals surface area contributed by atoms with Crippen LogP contribution < -0.4 is 5.32 Å². The van der Waals surface area contributed by atoms with Crippen molar-refractivity contribution in [2.45, 2.75) is 31.0 Å². The van der Waals surface area contributed by atoms with Crippen molar-refractivity contribution in [2.24, 2.45) is 5.92 Å². The summed E-state index contributed by atoms with van der Waals surface area (Å²) in [6, 6.07) is 16.8. The second-order valence-electron chi connectivity index (χ2n) is 5.59. The summed E-state index contributed by atoms with van der Waals surface area (Å²) in [7, 11) is 0. The van der Waals surface area contributed by atoms with Gasteiger partial charge in [-0.3, -0.25) is 0 Å². The van der Waals surface area contributed by atoms with Gasteiger partial charge in [0.15, 0.2) is 0 Å². The Morgan fingerprint density at radius 1 is 1.05 bits per heavy atom. The first-order chi connectivity index (χ1) is 10.1. The highest BCUT2D eigenvalue weighted by atomic mass is 35.5. The summed E-state index contributed by atoms with van der Waals surface area (Å²) < 4.78 is 0. The average Bonchev–Trinajstić information content (AvgIpc) is 2.45. The molecule has 0 bridgehead atoms. The zero-order chi connectivity index (χ0) is 15.1. The number of nitrogens with one attached hydrogen (secondary N) is 1. The van der Waals surface area contributed by atoms with E-state index in [1.165, 1.54) is 16.0 Å². The Morgan fingerprint density at radius 2 is 1.81 bits per heavy atom. The van der Waals surface area contributed by atoms with E-state index < -0.39 is 0 Å². The Bertz CT molecular complexity index is 569. The normalized spacial score (nSPS) is 11.0. The highest BCUT2D eigenvalue weighted by Crippen LogP contribution is 2.24. The van der Waals surface area contributed by atoms with E-state index in [4.69, 9.17) is 11.6 Å². The summed E-state index contributed by atoms with van der Waals surface area (Å²) in [6.45, 7) is 6.44. The lowest BCUT2D eigenvalue weighted by atomic mass is 10.2. The topological polar surface area (TPSA) is 12.0 Å². The maximum absolute atomic E-state index is 6.02. The third-order valence-electron chi connectivity index (χ3n) is 3.07. The van der Waals surface area contributed by atoms with Crippen molar-refractivity contribution < 1.29 is 0 Å². The molecule has 0 heterocycles. The monoisotopic (exact) mass is 319 g/mol. The van der Waals surface area contributed by atoms with Crippen LogP contribution in [0.15, 0.2) is 53.4 Å². The number of halogens is 1. The zero-order valence-electron chi connectivity index (χ0n) is 12.6. The molecule has 1 nitrogen and oxygen atoms in total. The zero-order valence-corrected chi connectivity index (χ0v) is 14.2. The maximum Gasteiger partial charge on any atom is 0.0409 e. The van der Waals surface area contributed by atoms with Crippen LogP contribution in [0.25, 0.3) is 0 Å². The van der Waals surface area contributed by atoms with Gasteiger partial charge in [0.25, 0.3) is 0 Å². The molecule has 0 atom stereocenters. The van der Waals surface area contributed by atoms with Crippen LogP contribution in [0.2, 0.25) is 5.02 Å². The van der Waals surface area contributed by atoms with Crippen LogP contribution in [0.1, 0.15) is 25.0 Å². The van der Waals surface area contributed by atoms with Gasteiger partial charge < -0.3 is 5.32 Å². The van der Waals surface area contributed by atoms with Gasteiger partial charge in [-0.15, -0.1) is 11.8 Å². The lowest BCUT2D eigenvalue weighted by molar-refractivity contribution is 0.552. The van der Waals surface area contributed by atoms with Gasteiger partial charge in [-0.25, -0.2) is 0 Å². The number of hydrogen-bond donors (Lipinski definition) is 1. The molecule has 21 heavy (non-hydrogen) atoms. The van der Waals surface area contributed by atoms with E-state index in [2.05, 4.69) is 49.5 Å². The molecule has 0 unspecified atom stereocenters. The fraction of sp³-hybridized carbons (Fsp3) is 0.333. The predicted octanol–water partition coefficient (Wildman–Crippen LogP) is 5.38. The fourth-order valence-corrected chi connectivity index (χ4v) is 3.18. The van der Waals surface area contributed by atoms with Crippen LogP contribution in [-0.4, -0.2) is 6.54 Å². The molecule has 0 aromatic heterocycles. The predicted molar refractivity (Wildman–Crippen MR) is 94.0 cm³/mol. The lowest BCUT2D eigenvalue weighted by Gasteiger charge is -2.09. The van der Waals surface area contributed by atoms with Crippen LogP contribution in [0.3, 0.4) is 0 Å². The largest absolute Gasteiger partial charge is 0.312 e. The van der Waals surface area contributed by atoms with E-state index >= 15 is 0 Å². The minimum absolute atomic E-state index is 0.686. The second kappa shape index (κ2) is 8.47. The van der Waals surface area contributed by atoms with Crippen LogP contribution >= 0.6 is 23.4 Å². The molecule has 112 valence electrons. The molecule has 0 saturated heterocycles. The van der Waals surface area contributed by atoms with E-state index in [1.54, 1.807) is 0 Å². The first kappa shape index (κ1) is 16.4. The van der Waals surface area contributed by atoms with E-state index in [0.29, 0.717) is 5.92 Å². The van der Waals surface area contributed by atoms with Crippen LogP contribution in [0, 0.1) is 5.92 Å². The molecule has 0 fully saturated rings. The van der Waals surface area contributed by atoms with Gasteiger partial charge in [-0.2, -0.15) is 0 Å². The molecule has 0 aliphatic carbocycles. The van der Waals surface area contributed by atoms with Crippen molar-refractivity contribution >= 4 is 23.4 Å². The first-order valence-electron chi connectivity index (χ1n) is 7.30. The van der Waals surface area contributed by atoms with Gasteiger partial charge in [-0.1, -0.05) is 49.7 Å². The fourth-order valence-electron chi connectivity index (χ4n) is 2.04. The summed E-state index contributed by atoms with van der Waals surface area (Å²) in [4.78, 5) is 1.30. The molecule has 0 aliphatic heterocycles. The van der Waals surface area contributed by atoms with Crippen LogP contribution in [0.5, 0.6) is 0 Å². The summed E-state index contributed by atoms with van der Waals surface area (Å²) in [6.07, 6.45) is 0. The number of thioether (sulfide) groups is 1. The summed E-state index contributed by atoms with van der Waals surface area (Å²) >= 11 is 7.87. The summed E-state index contributed by atoms with van der Waals surface area (Å²) in [5.41, 5.74) is 2.60. The molecule has 0 saturated carbocycles. The van der Waals surface area contributed by atoms with Crippen molar-refractivity contribution in [3.8, 4) is 0 Å². The van der Waals surface area contributed by atoms with E-state index in [1.807, 2.05) is 30.0 Å². The van der Waals surface area contributed by atoms with E-state index in [0.717, 1.165) is 23.9 Å². The standard InChI is InChI=1S/C18H22ClNS/c1-14(2)11-20-12-15-5-4-8-18(10-15)21-13-16-6-3-7-17(19)9-16/h3-10,14,20H,11-13H2,1-2H3. The Hall–Kier alpha value is -0.960. The maximum atomic E-state index is 6.02. The Balaban J connectivity index is 1.88. The average molecular weight is 320 g/mol. The Labute approximate surface area is 137 Å². The molecule has 2 aromatic carbocycles. The Morgan fingerprint density at radius 3 is 2.57 bits per heavy atom. The first-order valence-corrected chi connectivity index (χ1v) is 8.67. The van der Waals surface area contributed by atoms with Gasteiger partial charge >= 0.3 is 0 Å². The third kappa shape index (κ3) is 6.13. The minimum atomic E-state index is 0.686. The quantitative estimate of drug-likeness (QED) is 0.688.